The van der Waals surface area contributed by atoms with E-state index in [0.29, 0.717) is 0 Å². The number of halogens is 1. The van der Waals surface area contributed by atoms with E-state index < -0.39 is 0 Å². The Hall–Kier alpha value is -0.590. The molecule has 1 heterocycles. The zero-order chi connectivity index (χ0) is 9.97. The summed E-state index contributed by atoms with van der Waals surface area (Å²) in [7, 11) is 0.829. The van der Waals surface area contributed by atoms with Crippen LogP contribution in [0, 0.1) is 0 Å². The molecule has 0 radical (unpaired) electrons. The van der Waals surface area contributed by atoms with Crippen LogP contribution in [0.2, 0.25) is 0 Å². The van der Waals surface area contributed by atoms with E-state index in [1.807, 2.05) is 0 Å². The van der Waals surface area contributed by atoms with Gasteiger partial charge in [-0.05, 0) is 36.0 Å². The van der Waals surface area contributed by atoms with E-state index in [4.69, 9.17) is 0 Å². The molecule has 1 N–H and O–H groups in total. The Kier molecular flexibility index (Phi) is 3.05. The molecule has 72 valence electrons. The molecular weight excluding hydrogens is 257 g/mol. The summed E-state index contributed by atoms with van der Waals surface area (Å²) < 4.78 is 1.12. The van der Waals surface area contributed by atoms with Crippen LogP contribution in [0.4, 0.5) is 0 Å². The SMILES string of the molecule is CPc1cc(-c2ccc(Br)cc2)c[nH]1. The molecule has 14 heavy (non-hydrogen) atoms. The van der Waals surface area contributed by atoms with E-state index >= 15 is 0 Å². The van der Waals surface area contributed by atoms with Crippen molar-refractivity contribution in [3.8, 4) is 11.1 Å². The third kappa shape index (κ3) is 2.08. The molecule has 0 fully saturated rings. The molecule has 0 saturated heterocycles. The lowest BCUT2D eigenvalue weighted by molar-refractivity contribution is 1.47. The largest absolute Gasteiger partial charge is 0.361 e. The second kappa shape index (κ2) is 4.29. The molecule has 2 aromatic rings. The highest BCUT2D eigenvalue weighted by molar-refractivity contribution is 9.10. The van der Waals surface area contributed by atoms with Crippen molar-refractivity contribution in [1.82, 2.24) is 4.98 Å². The zero-order valence-corrected chi connectivity index (χ0v) is 10.4. The van der Waals surface area contributed by atoms with Crippen LogP contribution in [-0.2, 0) is 0 Å². The van der Waals surface area contributed by atoms with Gasteiger partial charge in [0.2, 0.25) is 0 Å². The molecule has 1 nitrogen and oxygen atoms in total. The van der Waals surface area contributed by atoms with E-state index in [1.165, 1.54) is 16.6 Å². The summed E-state index contributed by atoms with van der Waals surface area (Å²) in [4.78, 5) is 3.27. The zero-order valence-electron chi connectivity index (χ0n) is 7.84. The first-order valence-electron chi connectivity index (χ1n) is 4.42. The molecule has 0 aliphatic carbocycles. The quantitative estimate of drug-likeness (QED) is 0.804. The fourth-order valence-electron chi connectivity index (χ4n) is 1.35. The molecule has 0 amide bonds. The van der Waals surface area contributed by atoms with Crippen molar-refractivity contribution in [3.63, 3.8) is 0 Å². The second-order valence-corrected chi connectivity index (χ2v) is 5.01. The van der Waals surface area contributed by atoms with Crippen LogP contribution in [0.1, 0.15) is 0 Å². The van der Waals surface area contributed by atoms with Gasteiger partial charge in [0.1, 0.15) is 0 Å². The van der Waals surface area contributed by atoms with Crippen molar-refractivity contribution in [3.05, 3.63) is 41.0 Å². The number of rotatable bonds is 2. The Labute approximate surface area is 93.8 Å². The van der Waals surface area contributed by atoms with Crippen LogP contribution in [0.3, 0.4) is 0 Å². The van der Waals surface area contributed by atoms with Crippen LogP contribution in [0.5, 0.6) is 0 Å². The van der Waals surface area contributed by atoms with Gasteiger partial charge in [-0.25, -0.2) is 0 Å². The van der Waals surface area contributed by atoms with Gasteiger partial charge < -0.3 is 4.98 Å². The number of nitrogens with one attached hydrogen (secondary N) is 1. The summed E-state index contributed by atoms with van der Waals surface area (Å²) in [5.74, 6) is 0. The Bertz CT molecular complexity index is 419. The van der Waals surface area contributed by atoms with Gasteiger partial charge in [0.25, 0.3) is 0 Å². The Balaban J connectivity index is 2.34. The fourth-order valence-corrected chi connectivity index (χ4v) is 2.13. The van der Waals surface area contributed by atoms with E-state index in [-0.39, 0.29) is 0 Å². The first-order valence-corrected chi connectivity index (χ1v) is 6.71. The van der Waals surface area contributed by atoms with Crippen molar-refractivity contribution >= 4 is 29.9 Å². The first-order chi connectivity index (χ1) is 6.79. The summed E-state index contributed by atoms with van der Waals surface area (Å²) in [5.41, 5.74) is 3.83. The van der Waals surface area contributed by atoms with Gasteiger partial charge in [0.15, 0.2) is 0 Å². The van der Waals surface area contributed by atoms with Gasteiger partial charge in [-0.2, -0.15) is 0 Å². The minimum atomic E-state index is 0.829. The van der Waals surface area contributed by atoms with Gasteiger partial charge in [-0.1, -0.05) is 36.6 Å². The summed E-state index contributed by atoms with van der Waals surface area (Å²) in [5, 5.41) is 0. The van der Waals surface area contributed by atoms with Gasteiger partial charge in [0.05, 0.1) is 0 Å². The molecule has 0 aliphatic rings. The van der Waals surface area contributed by atoms with Crippen molar-refractivity contribution in [2.75, 3.05) is 6.66 Å². The normalized spacial score (nSPS) is 11.3. The average Bonchev–Trinajstić information content (AvgIpc) is 2.67. The molecule has 1 aromatic carbocycles. The van der Waals surface area contributed by atoms with Crippen LogP contribution in [0.15, 0.2) is 41.0 Å². The molecule has 1 atom stereocenters. The highest BCUT2D eigenvalue weighted by Crippen LogP contribution is 2.21. The Morgan fingerprint density at radius 3 is 2.43 bits per heavy atom. The van der Waals surface area contributed by atoms with Crippen molar-refractivity contribution in [2.45, 2.75) is 0 Å². The molecule has 1 aromatic heterocycles. The van der Waals surface area contributed by atoms with Crippen LogP contribution in [0.25, 0.3) is 11.1 Å². The highest BCUT2D eigenvalue weighted by Gasteiger charge is 1.99. The minimum absolute atomic E-state index is 0.829. The van der Waals surface area contributed by atoms with Crippen molar-refractivity contribution in [1.29, 1.82) is 0 Å². The molecule has 3 heteroatoms. The fraction of sp³-hybridized carbons (Fsp3) is 0.0909. The monoisotopic (exact) mass is 267 g/mol. The number of hydrogen-bond acceptors (Lipinski definition) is 0. The number of aromatic nitrogens is 1. The second-order valence-electron chi connectivity index (χ2n) is 3.06. The van der Waals surface area contributed by atoms with Gasteiger partial charge in [-0.15, -0.1) is 0 Å². The summed E-state index contributed by atoms with van der Waals surface area (Å²) in [6.45, 7) is 2.18. The van der Waals surface area contributed by atoms with Crippen molar-refractivity contribution < 1.29 is 0 Å². The Morgan fingerprint density at radius 1 is 1.14 bits per heavy atom. The molecule has 2 rings (SSSR count). The van der Waals surface area contributed by atoms with Gasteiger partial charge in [-0.3, -0.25) is 0 Å². The standard InChI is InChI=1S/C11H11BrNP/c1-14-11-6-9(7-13-11)8-2-4-10(12)5-3-8/h2-7,13-14H,1H3. The molecule has 0 bridgehead atoms. The summed E-state index contributed by atoms with van der Waals surface area (Å²) in [6.07, 6.45) is 2.06. The van der Waals surface area contributed by atoms with E-state index in [2.05, 4.69) is 64.1 Å². The van der Waals surface area contributed by atoms with Crippen LogP contribution in [-0.4, -0.2) is 11.6 Å². The molecular formula is C11H11BrNP. The number of benzene rings is 1. The lowest BCUT2D eigenvalue weighted by Crippen LogP contribution is -1.89. The minimum Gasteiger partial charge on any atom is -0.361 e. The van der Waals surface area contributed by atoms with Crippen LogP contribution >= 0.6 is 24.5 Å². The Morgan fingerprint density at radius 2 is 1.86 bits per heavy atom. The highest BCUT2D eigenvalue weighted by atomic mass is 79.9. The third-order valence-corrected chi connectivity index (χ3v) is 3.49. The number of aromatic amines is 1. The maximum absolute atomic E-state index is 3.43. The van der Waals surface area contributed by atoms with E-state index in [1.54, 1.807) is 0 Å². The maximum atomic E-state index is 3.43. The van der Waals surface area contributed by atoms with E-state index in [0.717, 1.165) is 13.1 Å². The smallest absolute Gasteiger partial charge is 0.0356 e. The molecule has 0 saturated carbocycles. The lowest BCUT2D eigenvalue weighted by Gasteiger charge is -1.96. The van der Waals surface area contributed by atoms with E-state index in [9.17, 15) is 0 Å². The molecule has 0 aliphatic heterocycles. The first kappa shape index (κ1) is 9.95. The predicted molar refractivity (Wildman–Crippen MR) is 67.8 cm³/mol. The van der Waals surface area contributed by atoms with Crippen molar-refractivity contribution in [2.24, 2.45) is 0 Å². The molecule has 0 spiro atoms. The summed E-state index contributed by atoms with van der Waals surface area (Å²) >= 11 is 3.43. The van der Waals surface area contributed by atoms with Gasteiger partial charge in [0, 0.05) is 16.1 Å². The van der Waals surface area contributed by atoms with Crippen LogP contribution < -0.4 is 5.44 Å². The predicted octanol–water partition coefficient (Wildman–Crippen LogP) is 3.38. The number of H-pyrrole nitrogens is 1. The maximum Gasteiger partial charge on any atom is 0.0356 e. The third-order valence-electron chi connectivity index (χ3n) is 2.13. The number of hydrogen-bond donors (Lipinski definition) is 1. The molecule has 1 unspecified atom stereocenters. The average molecular weight is 268 g/mol. The lowest BCUT2D eigenvalue weighted by atomic mass is 10.1. The topological polar surface area (TPSA) is 15.8 Å². The summed E-state index contributed by atoms with van der Waals surface area (Å²) in [6, 6.07) is 10.6. The van der Waals surface area contributed by atoms with Gasteiger partial charge >= 0.3 is 0 Å².